The Bertz CT molecular complexity index is 431. The molecule has 0 spiro atoms. The van der Waals surface area contributed by atoms with Crippen molar-refractivity contribution >= 4 is 0 Å². The normalized spacial score (nSPS) is 21.7. The van der Waals surface area contributed by atoms with Gasteiger partial charge < -0.3 is 10.1 Å². The highest BCUT2D eigenvalue weighted by Crippen LogP contribution is 2.36. The summed E-state index contributed by atoms with van der Waals surface area (Å²) in [5.74, 6) is 0. The lowest BCUT2D eigenvalue weighted by Gasteiger charge is -2.32. The summed E-state index contributed by atoms with van der Waals surface area (Å²) in [5.41, 5.74) is -0.457. The molecule has 1 aliphatic rings. The second kappa shape index (κ2) is 6.54. The van der Waals surface area contributed by atoms with Crippen molar-refractivity contribution in [3.63, 3.8) is 0 Å². The molecule has 1 aromatic rings. The SMILES string of the molecule is CCNC(c1cnccc1C(F)(F)F)C1CCCCO1. The Morgan fingerprint density at radius 3 is 2.85 bits per heavy atom. The van der Waals surface area contributed by atoms with Crippen molar-refractivity contribution in [2.75, 3.05) is 13.2 Å². The Balaban J connectivity index is 2.33. The minimum absolute atomic E-state index is 0.175. The van der Waals surface area contributed by atoms with Crippen LogP contribution in [0.2, 0.25) is 0 Å². The molecule has 2 heterocycles. The third kappa shape index (κ3) is 3.49. The van der Waals surface area contributed by atoms with Gasteiger partial charge in [-0.05, 0) is 31.9 Å². The first kappa shape index (κ1) is 15.3. The van der Waals surface area contributed by atoms with Gasteiger partial charge in [-0.1, -0.05) is 6.92 Å². The summed E-state index contributed by atoms with van der Waals surface area (Å²) in [5, 5.41) is 3.12. The Hall–Kier alpha value is -1.14. The number of likely N-dealkylation sites (N-methyl/N-ethyl adjacent to an activating group) is 1. The molecule has 1 fully saturated rings. The predicted molar refractivity (Wildman–Crippen MR) is 69.2 cm³/mol. The van der Waals surface area contributed by atoms with Gasteiger partial charge in [-0.15, -0.1) is 0 Å². The minimum atomic E-state index is -4.37. The predicted octanol–water partition coefficient (Wildman–Crippen LogP) is 3.32. The molecule has 0 radical (unpaired) electrons. The van der Waals surface area contributed by atoms with Gasteiger partial charge in [0.25, 0.3) is 0 Å². The van der Waals surface area contributed by atoms with Crippen molar-refractivity contribution in [3.8, 4) is 0 Å². The number of rotatable bonds is 4. The Morgan fingerprint density at radius 1 is 1.45 bits per heavy atom. The lowest BCUT2D eigenvalue weighted by molar-refractivity contribution is -0.139. The van der Waals surface area contributed by atoms with E-state index in [9.17, 15) is 13.2 Å². The van der Waals surface area contributed by atoms with Gasteiger partial charge in [0, 0.05) is 24.6 Å². The molecule has 2 rings (SSSR count). The van der Waals surface area contributed by atoms with Crippen molar-refractivity contribution in [3.05, 3.63) is 29.6 Å². The van der Waals surface area contributed by atoms with E-state index in [-0.39, 0.29) is 11.7 Å². The quantitative estimate of drug-likeness (QED) is 0.923. The molecule has 20 heavy (non-hydrogen) atoms. The minimum Gasteiger partial charge on any atom is -0.376 e. The number of halogens is 3. The second-order valence-corrected chi connectivity index (χ2v) is 4.90. The van der Waals surface area contributed by atoms with Crippen molar-refractivity contribution < 1.29 is 17.9 Å². The zero-order valence-corrected chi connectivity index (χ0v) is 11.4. The van der Waals surface area contributed by atoms with E-state index < -0.39 is 17.8 Å². The van der Waals surface area contributed by atoms with Crippen LogP contribution in [0.1, 0.15) is 43.4 Å². The Kier molecular flexibility index (Phi) is 4.99. The molecule has 1 aromatic heterocycles. The van der Waals surface area contributed by atoms with Crippen LogP contribution in [0, 0.1) is 0 Å². The fraction of sp³-hybridized carbons (Fsp3) is 0.643. The number of hydrogen-bond acceptors (Lipinski definition) is 3. The van der Waals surface area contributed by atoms with Gasteiger partial charge in [-0.2, -0.15) is 13.2 Å². The maximum atomic E-state index is 13.1. The topological polar surface area (TPSA) is 34.2 Å². The van der Waals surface area contributed by atoms with Crippen LogP contribution in [-0.4, -0.2) is 24.2 Å². The van der Waals surface area contributed by atoms with Gasteiger partial charge in [0.05, 0.1) is 17.7 Å². The maximum Gasteiger partial charge on any atom is 0.416 e. The fourth-order valence-electron chi connectivity index (χ4n) is 2.60. The van der Waals surface area contributed by atoms with E-state index in [1.54, 1.807) is 0 Å². The molecule has 0 aliphatic carbocycles. The molecule has 0 bridgehead atoms. The van der Waals surface area contributed by atoms with E-state index in [0.29, 0.717) is 13.2 Å². The molecule has 0 aromatic carbocycles. The molecule has 2 atom stereocenters. The van der Waals surface area contributed by atoms with Gasteiger partial charge in [0.2, 0.25) is 0 Å². The fourth-order valence-corrected chi connectivity index (χ4v) is 2.60. The van der Waals surface area contributed by atoms with Crippen molar-refractivity contribution in [2.24, 2.45) is 0 Å². The summed E-state index contributed by atoms with van der Waals surface area (Å²) in [6, 6.07) is 0.563. The van der Waals surface area contributed by atoms with Crippen LogP contribution in [0.4, 0.5) is 13.2 Å². The van der Waals surface area contributed by atoms with E-state index in [1.165, 1.54) is 12.4 Å². The summed E-state index contributed by atoms with van der Waals surface area (Å²) in [4.78, 5) is 3.86. The Morgan fingerprint density at radius 2 is 2.25 bits per heavy atom. The highest BCUT2D eigenvalue weighted by Gasteiger charge is 2.37. The third-order valence-electron chi connectivity index (χ3n) is 3.50. The summed E-state index contributed by atoms with van der Waals surface area (Å²) >= 11 is 0. The van der Waals surface area contributed by atoms with E-state index in [2.05, 4.69) is 10.3 Å². The number of nitrogens with zero attached hydrogens (tertiary/aromatic N) is 1. The average molecular weight is 288 g/mol. The van der Waals surface area contributed by atoms with E-state index in [0.717, 1.165) is 25.3 Å². The summed E-state index contributed by atoms with van der Waals surface area (Å²) in [7, 11) is 0. The molecule has 1 aliphatic heterocycles. The largest absolute Gasteiger partial charge is 0.416 e. The van der Waals surface area contributed by atoms with E-state index >= 15 is 0 Å². The maximum absolute atomic E-state index is 13.1. The third-order valence-corrected chi connectivity index (χ3v) is 3.50. The van der Waals surface area contributed by atoms with Crippen LogP contribution in [0.3, 0.4) is 0 Å². The monoisotopic (exact) mass is 288 g/mol. The summed E-state index contributed by atoms with van der Waals surface area (Å²) < 4.78 is 45.0. The molecular formula is C14H19F3N2O. The van der Waals surface area contributed by atoms with Gasteiger partial charge in [-0.3, -0.25) is 4.98 Å². The summed E-state index contributed by atoms with van der Waals surface area (Å²) in [6.07, 6.45) is 0.590. The molecule has 3 nitrogen and oxygen atoms in total. The number of nitrogens with one attached hydrogen (secondary N) is 1. The van der Waals surface area contributed by atoms with Gasteiger partial charge >= 0.3 is 6.18 Å². The first-order valence-corrected chi connectivity index (χ1v) is 6.90. The molecule has 6 heteroatoms. The molecule has 0 amide bonds. The van der Waals surface area contributed by atoms with Crippen molar-refractivity contribution in [1.29, 1.82) is 0 Å². The molecule has 1 saturated heterocycles. The number of hydrogen-bond donors (Lipinski definition) is 1. The van der Waals surface area contributed by atoms with Crippen LogP contribution < -0.4 is 5.32 Å². The lowest BCUT2D eigenvalue weighted by atomic mass is 9.93. The van der Waals surface area contributed by atoms with E-state index in [4.69, 9.17) is 4.74 Å². The molecule has 1 N–H and O–H groups in total. The smallest absolute Gasteiger partial charge is 0.376 e. The first-order valence-electron chi connectivity index (χ1n) is 6.90. The second-order valence-electron chi connectivity index (χ2n) is 4.90. The summed E-state index contributed by atoms with van der Waals surface area (Å²) in [6.45, 7) is 3.06. The average Bonchev–Trinajstić information content (AvgIpc) is 2.45. The van der Waals surface area contributed by atoms with Gasteiger partial charge in [0.15, 0.2) is 0 Å². The van der Waals surface area contributed by atoms with Crippen molar-refractivity contribution in [1.82, 2.24) is 10.3 Å². The zero-order chi connectivity index (χ0) is 14.6. The van der Waals surface area contributed by atoms with Crippen LogP contribution in [0.15, 0.2) is 18.5 Å². The molecule has 0 saturated carbocycles. The van der Waals surface area contributed by atoms with Crippen LogP contribution in [-0.2, 0) is 10.9 Å². The number of aromatic nitrogens is 1. The first-order chi connectivity index (χ1) is 9.54. The highest BCUT2D eigenvalue weighted by molar-refractivity contribution is 5.30. The van der Waals surface area contributed by atoms with Gasteiger partial charge in [-0.25, -0.2) is 0 Å². The van der Waals surface area contributed by atoms with Crippen molar-refractivity contribution in [2.45, 2.75) is 44.5 Å². The lowest BCUT2D eigenvalue weighted by Crippen LogP contribution is -2.37. The molecule has 2 unspecified atom stereocenters. The van der Waals surface area contributed by atoms with Crippen LogP contribution >= 0.6 is 0 Å². The molecule has 112 valence electrons. The Labute approximate surface area is 116 Å². The standard InChI is InChI=1S/C14H19F3N2O/c1-2-19-13(12-5-3-4-8-20-12)10-9-18-7-6-11(10)14(15,16)17/h6-7,9,12-13,19H,2-5,8H2,1H3. The zero-order valence-electron chi connectivity index (χ0n) is 11.4. The number of ether oxygens (including phenoxy) is 1. The van der Waals surface area contributed by atoms with Crippen LogP contribution in [0.25, 0.3) is 0 Å². The molecular weight excluding hydrogens is 269 g/mol. The number of alkyl halides is 3. The van der Waals surface area contributed by atoms with Crippen LogP contribution in [0.5, 0.6) is 0 Å². The van der Waals surface area contributed by atoms with E-state index in [1.807, 2.05) is 6.92 Å². The van der Waals surface area contributed by atoms with Gasteiger partial charge in [0.1, 0.15) is 0 Å². The highest BCUT2D eigenvalue weighted by atomic mass is 19.4. The number of pyridine rings is 1.